The molecule has 1 amide bonds. The fraction of sp³-hybridized carbons (Fsp3) is 0.633. The maximum atomic E-state index is 13.6. The number of carbonyl (C=O) groups excluding carboxylic acids is 1. The number of amides is 1. The molecule has 1 aromatic carbocycles. The lowest BCUT2D eigenvalue weighted by Gasteiger charge is -2.54. The maximum Gasteiger partial charge on any atom is 0.223 e. The minimum Gasteiger partial charge on any atom is -0.383 e. The molecule has 4 aliphatic rings. The Morgan fingerprint density at radius 1 is 1.14 bits per heavy atom. The van der Waals surface area contributed by atoms with Crippen LogP contribution in [0.4, 0.5) is 0 Å². The number of hydrogen-bond donors (Lipinski definition) is 0. The first-order valence-corrected chi connectivity index (χ1v) is 14.0. The summed E-state index contributed by atoms with van der Waals surface area (Å²) in [6, 6.07) is 9.76. The van der Waals surface area contributed by atoms with E-state index < -0.39 is 0 Å². The molecule has 5 heteroatoms. The van der Waals surface area contributed by atoms with Crippen molar-refractivity contribution < 1.29 is 9.53 Å². The molecule has 6 rings (SSSR count). The number of methoxy groups -OCH3 is 1. The lowest BCUT2D eigenvalue weighted by molar-refractivity contribution is -0.136. The van der Waals surface area contributed by atoms with Gasteiger partial charge in [0.1, 0.15) is 0 Å². The molecule has 0 radical (unpaired) electrons. The highest BCUT2D eigenvalue weighted by atomic mass is 16.5. The zero-order valence-corrected chi connectivity index (χ0v) is 21.3. The number of likely N-dealkylation sites (tertiary alicyclic amines) is 1. The van der Waals surface area contributed by atoms with Crippen LogP contribution in [0.3, 0.4) is 0 Å². The Hall–Kier alpha value is -2.11. The van der Waals surface area contributed by atoms with Crippen LogP contribution in [0, 0.1) is 11.8 Å². The number of piperidine rings is 3. The average molecular weight is 476 g/mol. The predicted molar refractivity (Wildman–Crippen MR) is 140 cm³/mol. The van der Waals surface area contributed by atoms with Crippen molar-refractivity contribution in [3.05, 3.63) is 47.7 Å². The van der Waals surface area contributed by atoms with E-state index in [0.717, 1.165) is 44.3 Å². The number of ether oxygens (including phenoxy) is 1. The highest BCUT2D eigenvalue weighted by Gasteiger charge is 2.46. The maximum absolute atomic E-state index is 13.6. The summed E-state index contributed by atoms with van der Waals surface area (Å²) >= 11 is 0. The molecule has 4 heterocycles. The quantitative estimate of drug-likeness (QED) is 0.527. The highest BCUT2D eigenvalue weighted by molar-refractivity contribution is 5.84. The molecule has 3 fully saturated rings. The Morgan fingerprint density at radius 3 is 2.97 bits per heavy atom. The standard InChI is InChI=1S/C30H41N3O2/c1-35-17-16-32-20-23(26-10-2-3-12-28(26)32)8-6-13-29(34)33-15-7-9-22-18-24-19-25(30(22)33)21-31-14-5-4-11-27(24)31/h2-3,10,12,18,20,24-25,27,30H,4-9,11,13-17,19,21H2,1H3/t24-,25+,27?,30?/m1/s1. The lowest BCUT2D eigenvalue weighted by atomic mass is 9.68. The fourth-order valence-corrected chi connectivity index (χ4v) is 7.72. The SMILES string of the molecule is COCCn1cc(CCCC(=O)N2CCCC3=C[C@@H]4C[C@@H](CN5CCCCC45)C32)c2ccccc21. The summed E-state index contributed by atoms with van der Waals surface area (Å²) in [5.41, 5.74) is 4.21. The Balaban J connectivity index is 1.13. The van der Waals surface area contributed by atoms with Gasteiger partial charge in [0, 0.05) is 56.3 Å². The van der Waals surface area contributed by atoms with Gasteiger partial charge in [-0.2, -0.15) is 0 Å². The van der Waals surface area contributed by atoms with E-state index in [1.807, 2.05) is 0 Å². The Kier molecular flexibility index (Phi) is 6.72. The van der Waals surface area contributed by atoms with Gasteiger partial charge in [-0.3, -0.25) is 9.69 Å². The van der Waals surface area contributed by atoms with Crippen LogP contribution >= 0.6 is 0 Å². The van der Waals surface area contributed by atoms with Crippen molar-refractivity contribution in [2.24, 2.45) is 11.8 Å². The van der Waals surface area contributed by atoms with Crippen molar-refractivity contribution in [3.63, 3.8) is 0 Å². The molecule has 3 aliphatic heterocycles. The van der Waals surface area contributed by atoms with Crippen LogP contribution in [0.25, 0.3) is 10.9 Å². The summed E-state index contributed by atoms with van der Waals surface area (Å²) < 4.78 is 7.61. The van der Waals surface area contributed by atoms with Gasteiger partial charge < -0.3 is 14.2 Å². The lowest BCUT2D eigenvalue weighted by Crippen LogP contribution is -2.60. The summed E-state index contributed by atoms with van der Waals surface area (Å²) in [6.45, 7) is 4.99. The van der Waals surface area contributed by atoms with E-state index in [-0.39, 0.29) is 0 Å². The highest BCUT2D eigenvalue weighted by Crippen LogP contribution is 2.45. The molecule has 0 saturated carbocycles. The van der Waals surface area contributed by atoms with Crippen molar-refractivity contribution in [1.29, 1.82) is 0 Å². The van der Waals surface area contributed by atoms with Gasteiger partial charge in [0.2, 0.25) is 5.91 Å². The minimum atomic E-state index is 0.367. The third kappa shape index (κ3) is 4.46. The first kappa shape index (κ1) is 23.3. The molecule has 2 bridgehead atoms. The summed E-state index contributed by atoms with van der Waals surface area (Å²) in [4.78, 5) is 18.6. The predicted octanol–water partition coefficient (Wildman–Crippen LogP) is 5.03. The topological polar surface area (TPSA) is 37.7 Å². The average Bonchev–Trinajstić information content (AvgIpc) is 3.24. The molecule has 5 nitrogen and oxygen atoms in total. The van der Waals surface area contributed by atoms with Crippen LogP contribution < -0.4 is 0 Å². The summed E-state index contributed by atoms with van der Waals surface area (Å²) in [5, 5.41) is 1.32. The van der Waals surface area contributed by atoms with Crippen LogP contribution in [-0.2, 0) is 22.5 Å². The number of aromatic nitrogens is 1. The van der Waals surface area contributed by atoms with Gasteiger partial charge in [0.15, 0.2) is 0 Å². The van der Waals surface area contributed by atoms with Gasteiger partial charge in [-0.05, 0) is 75.0 Å². The van der Waals surface area contributed by atoms with E-state index >= 15 is 0 Å². The van der Waals surface area contributed by atoms with E-state index in [4.69, 9.17) is 4.74 Å². The van der Waals surface area contributed by atoms with Gasteiger partial charge in [-0.25, -0.2) is 0 Å². The summed E-state index contributed by atoms with van der Waals surface area (Å²) in [6.07, 6.45) is 15.2. The Labute approximate surface area is 210 Å². The zero-order chi connectivity index (χ0) is 23.8. The molecule has 2 aromatic rings. The molecule has 0 spiro atoms. The summed E-state index contributed by atoms with van der Waals surface area (Å²) in [7, 11) is 1.75. The van der Waals surface area contributed by atoms with Crippen molar-refractivity contribution in [3.8, 4) is 0 Å². The van der Waals surface area contributed by atoms with Crippen LogP contribution in [0.5, 0.6) is 0 Å². The number of benzene rings is 1. The normalized spacial score (nSPS) is 28.5. The molecular weight excluding hydrogens is 434 g/mol. The van der Waals surface area contributed by atoms with Crippen LogP contribution in [0.2, 0.25) is 0 Å². The molecule has 0 N–H and O–H groups in total. The largest absolute Gasteiger partial charge is 0.383 e. The first-order valence-electron chi connectivity index (χ1n) is 14.0. The molecule has 2 unspecified atom stereocenters. The van der Waals surface area contributed by atoms with Crippen molar-refractivity contribution in [2.75, 3.05) is 33.4 Å². The van der Waals surface area contributed by atoms with E-state index in [0.29, 0.717) is 30.9 Å². The third-order valence-electron chi connectivity index (χ3n) is 9.22. The number of nitrogens with zero attached hydrogens (tertiary/aromatic N) is 3. The van der Waals surface area contributed by atoms with E-state index in [1.165, 1.54) is 61.7 Å². The van der Waals surface area contributed by atoms with Crippen molar-refractivity contribution in [2.45, 2.75) is 76.4 Å². The monoisotopic (exact) mass is 475 g/mol. The number of rotatable bonds is 7. The van der Waals surface area contributed by atoms with Gasteiger partial charge >= 0.3 is 0 Å². The Bertz CT molecular complexity index is 1090. The van der Waals surface area contributed by atoms with Gasteiger partial charge in [-0.1, -0.05) is 36.3 Å². The van der Waals surface area contributed by atoms with Crippen LogP contribution in [0.1, 0.15) is 56.9 Å². The number of aryl methyl sites for hydroxylation is 1. The van der Waals surface area contributed by atoms with Gasteiger partial charge in [0.05, 0.1) is 12.6 Å². The smallest absolute Gasteiger partial charge is 0.223 e. The van der Waals surface area contributed by atoms with E-state index in [2.05, 4.69) is 50.9 Å². The molecule has 3 saturated heterocycles. The number of hydrogen-bond acceptors (Lipinski definition) is 3. The number of fused-ring (bicyclic) bond motifs is 7. The number of carbonyl (C=O) groups is 1. The zero-order valence-electron chi connectivity index (χ0n) is 21.3. The molecule has 1 aromatic heterocycles. The summed E-state index contributed by atoms with van der Waals surface area (Å²) in [5.74, 6) is 1.74. The molecular formula is C30H41N3O2. The molecule has 35 heavy (non-hydrogen) atoms. The van der Waals surface area contributed by atoms with Crippen LogP contribution in [-0.4, -0.2) is 65.7 Å². The minimum absolute atomic E-state index is 0.367. The van der Waals surface area contributed by atoms with Crippen molar-refractivity contribution in [1.82, 2.24) is 14.4 Å². The number of para-hydroxylation sites is 1. The van der Waals surface area contributed by atoms with E-state index in [9.17, 15) is 4.79 Å². The molecule has 1 aliphatic carbocycles. The third-order valence-corrected chi connectivity index (χ3v) is 9.22. The second-order valence-corrected chi connectivity index (χ2v) is 11.3. The molecule has 188 valence electrons. The van der Waals surface area contributed by atoms with Gasteiger partial charge in [0.25, 0.3) is 0 Å². The van der Waals surface area contributed by atoms with Crippen LogP contribution in [0.15, 0.2) is 42.1 Å². The first-order chi connectivity index (χ1) is 17.2. The second kappa shape index (κ2) is 10.1. The second-order valence-electron chi connectivity index (χ2n) is 11.3. The van der Waals surface area contributed by atoms with Crippen molar-refractivity contribution >= 4 is 16.8 Å². The van der Waals surface area contributed by atoms with E-state index in [1.54, 1.807) is 12.7 Å². The molecule has 4 atom stereocenters. The Morgan fingerprint density at radius 2 is 2.06 bits per heavy atom. The van der Waals surface area contributed by atoms with Gasteiger partial charge in [-0.15, -0.1) is 0 Å². The fourth-order valence-electron chi connectivity index (χ4n) is 7.72.